The second-order valence-electron chi connectivity index (χ2n) is 6.99. The molecule has 0 radical (unpaired) electrons. The van der Waals surface area contributed by atoms with Gasteiger partial charge in [-0.25, -0.2) is 4.79 Å². The van der Waals surface area contributed by atoms with E-state index in [1.165, 1.54) is 27.4 Å². The van der Waals surface area contributed by atoms with Crippen molar-refractivity contribution in [3.8, 4) is 39.9 Å². The van der Waals surface area contributed by atoms with E-state index in [0.717, 1.165) is 0 Å². The van der Waals surface area contributed by atoms with Gasteiger partial charge in [-0.1, -0.05) is 0 Å². The summed E-state index contributed by atoms with van der Waals surface area (Å²) < 4.78 is 33.4. The Hall–Kier alpha value is -3.62. The number of hydrogen-bond acceptors (Lipinski definition) is 8. The smallest absolute Gasteiger partial charge is 0.339 e. The number of ether oxygens (including phenoxy) is 6. The predicted octanol–water partition coefficient (Wildman–Crippen LogP) is 3.77. The summed E-state index contributed by atoms with van der Waals surface area (Å²) in [7, 11) is 4.37. The van der Waals surface area contributed by atoms with Crippen LogP contribution in [0.5, 0.6) is 28.7 Å². The lowest BCUT2D eigenvalue weighted by atomic mass is 9.91. The van der Waals surface area contributed by atoms with Crippen LogP contribution in [0.25, 0.3) is 11.1 Å². The minimum atomic E-state index is -0.607. The van der Waals surface area contributed by atoms with Gasteiger partial charge in [0.25, 0.3) is 5.91 Å². The highest BCUT2D eigenvalue weighted by molar-refractivity contribution is 6.09. The minimum Gasteiger partial charge on any atom is -0.493 e. The number of rotatable bonds is 9. The van der Waals surface area contributed by atoms with Crippen LogP contribution in [-0.4, -0.2) is 64.6 Å². The summed E-state index contributed by atoms with van der Waals surface area (Å²) >= 11 is 0. The topological polar surface area (TPSA) is 92.8 Å². The fraction of sp³-hybridized carbons (Fsp3) is 0.417. The normalized spacial score (nSPS) is 11.7. The van der Waals surface area contributed by atoms with E-state index in [9.17, 15) is 9.59 Å². The number of esters is 1. The summed E-state index contributed by atoms with van der Waals surface area (Å²) in [6.45, 7) is 6.67. The van der Waals surface area contributed by atoms with E-state index in [1.807, 2.05) is 13.8 Å². The molecule has 1 amide bonds. The maximum absolute atomic E-state index is 13.5. The highest BCUT2D eigenvalue weighted by Gasteiger charge is 2.34. The van der Waals surface area contributed by atoms with Gasteiger partial charge in [-0.2, -0.15) is 0 Å². The molecule has 1 aliphatic rings. The van der Waals surface area contributed by atoms with Crippen molar-refractivity contribution in [2.24, 2.45) is 0 Å². The molecule has 0 aromatic heterocycles. The number of carbonyl (C=O) groups is 2. The highest BCUT2D eigenvalue weighted by Crippen LogP contribution is 2.53. The monoisotopic (exact) mass is 459 g/mol. The van der Waals surface area contributed by atoms with Gasteiger partial charge in [-0.05, 0) is 39.0 Å². The largest absolute Gasteiger partial charge is 0.493 e. The fourth-order valence-corrected chi connectivity index (χ4v) is 3.85. The molecule has 0 bridgehead atoms. The maximum Gasteiger partial charge on any atom is 0.339 e. The molecule has 0 saturated carbocycles. The highest BCUT2D eigenvalue weighted by atomic mass is 16.7. The second-order valence-corrected chi connectivity index (χ2v) is 6.99. The van der Waals surface area contributed by atoms with Crippen LogP contribution in [0.2, 0.25) is 0 Å². The molecule has 0 aliphatic carbocycles. The molecule has 0 saturated heterocycles. The summed E-state index contributed by atoms with van der Waals surface area (Å²) in [6, 6.07) is 4.85. The molecule has 1 aliphatic heterocycles. The SMILES string of the molecule is CCOC(=O)c1cc(OC)c(OC)c(OC)c1-c1c(C(=O)N(CC)CC)ccc2c1OCO2. The first-order valence-corrected chi connectivity index (χ1v) is 10.7. The Kier molecular flexibility index (Phi) is 7.52. The van der Waals surface area contributed by atoms with Gasteiger partial charge in [-0.3, -0.25) is 4.79 Å². The van der Waals surface area contributed by atoms with Crippen molar-refractivity contribution >= 4 is 11.9 Å². The predicted molar refractivity (Wildman–Crippen MR) is 121 cm³/mol. The van der Waals surface area contributed by atoms with Crippen molar-refractivity contribution in [3.63, 3.8) is 0 Å². The number of amides is 1. The molecule has 0 unspecified atom stereocenters. The molecule has 0 fully saturated rings. The third-order valence-electron chi connectivity index (χ3n) is 5.40. The standard InChI is InChI=1S/C24H29NO8/c1-7-25(8-2)23(26)14-10-11-16-20(33-13-32-16)18(14)19-15(24(27)31-9-3)12-17(28-4)21(29-5)22(19)30-6/h10-12H,7-9,13H2,1-6H3. The number of benzene rings is 2. The van der Waals surface area contributed by atoms with Crippen molar-refractivity contribution in [1.82, 2.24) is 4.90 Å². The molecule has 2 aromatic rings. The Morgan fingerprint density at radius 2 is 1.61 bits per heavy atom. The van der Waals surface area contributed by atoms with E-state index in [1.54, 1.807) is 24.0 Å². The average molecular weight is 459 g/mol. The quantitative estimate of drug-likeness (QED) is 0.524. The van der Waals surface area contributed by atoms with Gasteiger partial charge in [0.2, 0.25) is 12.5 Å². The molecule has 178 valence electrons. The van der Waals surface area contributed by atoms with Crippen LogP contribution in [0.15, 0.2) is 18.2 Å². The second kappa shape index (κ2) is 10.3. The van der Waals surface area contributed by atoms with Gasteiger partial charge in [0.15, 0.2) is 23.0 Å². The van der Waals surface area contributed by atoms with Crippen molar-refractivity contribution in [2.45, 2.75) is 20.8 Å². The van der Waals surface area contributed by atoms with Gasteiger partial charge < -0.3 is 33.3 Å². The van der Waals surface area contributed by atoms with Crippen LogP contribution in [0.4, 0.5) is 0 Å². The van der Waals surface area contributed by atoms with E-state index >= 15 is 0 Å². The zero-order valence-corrected chi connectivity index (χ0v) is 19.8. The van der Waals surface area contributed by atoms with Crippen LogP contribution in [0.3, 0.4) is 0 Å². The van der Waals surface area contributed by atoms with E-state index in [2.05, 4.69) is 0 Å². The number of hydrogen-bond donors (Lipinski definition) is 0. The average Bonchev–Trinajstić information content (AvgIpc) is 3.31. The molecular weight excluding hydrogens is 430 g/mol. The van der Waals surface area contributed by atoms with Gasteiger partial charge in [0.1, 0.15) is 0 Å². The number of methoxy groups -OCH3 is 3. The lowest BCUT2D eigenvalue weighted by molar-refractivity contribution is 0.0526. The Morgan fingerprint density at radius 3 is 2.18 bits per heavy atom. The molecule has 3 rings (SSSR count). The summed E-state index contributed by atoms with van der Waals surface area (Å²) in [4.78, 5) is 28.2. The molecule has 2 aromatic carbocycles. The zero-order valence-electron chi connectivity index (χ0n) is 19.8. The van der Waals surface area contributed by atoms with E-state index in [0.29, 0.717) is 41.3 Å². The number of carbonyl (C=O) groups excluding carboxylic acids is 2. The van der Waals surface area contributed by atoms with Gasteiger partial charge in [0, 0.05) is 24.2 Å². The van der Waals surface area contributed by atoms with Crippen molar-refractivity contribution < 1.29 is 38.0 Å². The Bertz CT molecular complexity index is 1050. The van der Waals surface area contributed by atoms with Crippen molar-refractivity contribution in [1.29, 1.82) is 0 Å². The first-order chi connectivity index (χ1) is 16.0. The van der Waals surface area contributed by atoms with Crippen LogP contribution < -0.4 is 23.7 Å². The first kappa shape index (κ1) is 24.0. The molecule has 33 heavy (non-hydrogen) atoms. The summed E-state index contributed by atoms with van der Waals surface area (Å²) in [5.74, 6) is 0.710. The summed E-state index contributed by atoms with van der Waals surface area (Å²) in [6.07, 6.45) is 0. The summed E-state index contributed by atoms with van der Waals surface area (Å²) in [5, 5.41) is 0. The van der Waals surface area contributed by atoms with Gasteiger partial charge in [0.05, 0.1) is 39.1 Å². The third kappa shape index (κ3) is 4.22. The minimum absolute atomic E-state index is 0.0183. The van der Waals surface area contributed by atoms with Crippen molar-refractivity contribution in [3.05, 3.63) is 29.3 Å². The zero-order chi connectivity index (χ0) is 24.1. The Labute approximate surface area is 193 Å². The van der Waals surface area contributed by atoms with Crippen LogP contribution >= 0.6 is 0 Å². The van der Waals surface area contributed by atoms with Crippen LogP contribution in [0.1, 0.15) is 41.5 Å². The molecule has 1 heterocycles. The number of fused-ring (bicyclic) bond motifs is 1. The Balaban J connectivity index is 2.46. The molecule has 0 spiro atoms. The third-order valence-corrected chi connectivity index (χ3v) is 5.40. The summed E-state index contributed by atoms with van der Waals surface area (Å²) in [5.41, 5.74) is 1.14. The van der Waals surface area contributed by atoms with Crippen LogP contribution in [0, 0.1) is 0 Å². The fourth-order valence-electron chi connectivity index (χ4n) is 3.85. The lowest BCUT2D eigenvalue weighted by Gasteiger charge is -2.24. The molecule has 0 atom stereocenters. The van der Waals surface area contributed by atoms with E-state index in [-0.39, 0.29) is 42.1 Å². The molecule has 0 N–H and O–H groups in total. The molecular formula is C24H29NO8. The molecule has 9 nitrogen and oxygen atoms in total. The maximum atomic E-state index is 13.5. The van der Waals surface area contributed by atoms with Gasteiger partial charge in [-0.15, -0.1) is 0 Å². The lowest BCUT2D eigenvalue weighted by Crippen LogP contribution is -2.31. The van der Waals surface area contributed by atoms with Crippen LogP contribution in [-0.2, 0) is 4.74 Å². The number of nitrogens with zero attached hydrogens (tertiary/aromatic N) is 1. The first-order valence-electron chi connectivity index (χ1n) is 10.7. The van der Waals surface area contributed by atoms with E-state index < -0.39 is 5.97 Å². The van der Waals surface area contributed by atoms with E-state index in [4.69, 9.17) is 28.4 Å². The van der Waals surface area contributed by atoms with Gasteiger partial charge >= 0.3 is 5.97 Å². The van der Waals surface area contributed by atoms with Crippen molar-refractivity contribution in [2.75, 3.05) is 47.8 Å². The molecule has 9 heteroatoms. The Morgan fingerprint density at radius 1 is 0.909 bits per heavy atom.